The van der Waals surface area contributed by atoms with Crippen LogP contribution in [0.1, 0.15) is 32.6 Å². The largest absolute Gasteiger partial charge is 0.198 e. The molecule has 0 spiro atoms. The fourth-order valence-electron chi connectivity index (χ4n) is 1.08. The van der Waals surface area contributed by atoms with E-state index in [1.54, 1.807) is 6.92 Å². The van der Waals surface area contributed by atoms with Crippen molar-refractivity contribution in [3.05, 3.63) is 0 Å². The van der Waals surface area contributed by atoms with Gasteiger partial charge in [0.1, 0.15) is 0 Å². The van der Waals surface area contributed by atoms with Crippen molar-refractivity contribution in [2.75, 3.05) is 0 Å². The van der Waals surface area contributed by atoms with Crippen molar-refractivity contribution < 1.29 is 0 Å². The number of nitriles is 3. The molecule has 0 aliphatic carbocycles. The maximum atomic E-state index is 8.72. The van der Waals surface area contributed by atoms with E-state index in [0.717, 1.165) is 19.3 Å². The third kappa shape index (κ3) is 4.83. The van der Waals surface area contributed by atoms with Crippen LogP contribution < -0.4 is 0 Å². The Morgan fingerprint density at radius 3 is 2.23 bits per heavy atom. The normalized spacial score (nSPS) is 13.4. The zero-order valence-electron chi connectivity index (χ0n) is 7.82. The van der Waals surface area contributed by atoms with Crippen molar-refractivity contribution in [2.45, 2.75) is 32.6 Å². The molecule has 0 saturated carbocycles. The lowest BCUT2D eigenvalue weighted by Gasteiger charge is -2.08. The van der Waals surface area contributed by atoms with Crippen molar-refractivity contribution in [1.82, 2.24) is 0 Å². The molecule has 3 nitrogen and oxygen atoms in total. The van der Waals surface area contributed by atoms with Gasteiger partial charge in [0.2, 0.25) is 0 Å². The standard InChI is InChI=1S/C10H13N3/c1-9(7-12)10(8-13)5-3-2-4-6-11/h9-10H,2-5H2,1H3. The zero-order valence-corrected chi connectivity index (χ0v) is 7.82. The number of hydrogen-bond acceptors (Lipinski definition) is 3. The summed E-state index contributed by atoms with van der Waals surface area (Å²) in [7, 11) is 0. The molecule has 13 heavy (non-hydrogen) atoms. The summed E-state index contributed by atoms with van der Waals surface area (Å²) < 4.78 is 0. The minimum Gasteiger partial charge on any atom is -0.198 e. The van der Waals surface area contributed by atoms with E-state index < -0.39 is 0 Å². The molecule has 0 aliphatic heterocycles. The predicted molar refractivity (Wildman–Crippen MR) is 48.0 cm³/mol. The first-order valence-electron chi connectivity index (χ1n) is 4.42. The molecule has 0 aliphatic rings. The summed E-state index contributed by atoms with van der Waals surface area (Å²) in [5.74, 6) is -0.379. The second-order valence-electron chi connectivity index (χ2n) is 3.06. The van der Waals surface area contributed by atoms with Crippen molar-refractivity contribution in [2.24, 2.45) is 11.8 Å². The summed E-state index contributed by atoms with van der Waals surface area (Å²) in [5.41, 5.74) is 0. The highest BCUT2D eigenvalue weighted by Gasteiger charge is 2.14. The fourth-order valence-corrected chi connectivity index (χ4v) is 1.08. The van der Waals surface area contributed by atoms with Crippen molar-refractivity contribution in [1.29, 1.82) is 15.8 Å². The molecular weight excluding hydrogens is 162 g/mol. The molecule has 68 valence electrons. The highest BCUT2D eigenvalue weighted by molar-refractivity contribution is 4.95. The van der Waals surface area contributed by atoms with Crippen LogP contribution in [0.15, 0.2) is 0 Å². The Morgan fingerprint density at radius 2 is 1.77 bits per heavy atom. The van der Waals surface area contributed by atoms with Crippen LogP contribution in [-0.4, -0.2) is 0 Å². The summed E-state index contributed by atoms with van der Waals surface area (Å²) in [6, 6.07) is 6.25. The van der Waals surface area contributed by atoms with E-state index >= 15 is 0 Å². The fraction of sp³-hybridized carbons (Fsp3) is 0.700. The monoisotopic (exact) mass is 175 g/mol. The summed E-state index contributed by atoms with van der Waals surface area (Å²) in [6.45, 7) is 1.76. The topological polar surface area (TPSA) is 71.4 Å². The van der Waals surface area contributed by atoms with Gasteiger partial charge in [-0.2, -0.15) is 15.8 Å². The van der Waals surface area contributed by atoms with Crippen LogP contribution in [0.4, 0.5) is 0 Å². The van der Waals surface area contributed by atoms with Crippen LogP contribution in [0.3, 0.4) is 0 Å². The Balaban J connectivity index is 3.71. The van der Waals surface area contributed by atoms with Gasteiger partial charge < -0.3 is 0 Å². The quantitative estimate of drug-likeness (QED) is 0.602. The van der Waals surface area contributed by atoms with Gasteiger partial charge in [0.15, 0.2) is 0 Å². The van der Waals surface area contributed by atoms with Gasteiger partial charge in [-0.1, -0.05) is 6.42 Å². The minimum absolute atomic E-state index is 0.177. The smallest absolute Gasteiger partial charge is 0.0669 e. The maximum absolute atomic E-state index is 8.72. The molecule has 0 aromatic heterocycles. The Morgan fingerprint density at radius 1 is 1.08 bits per heavy atom. The average Bonchev–Trinajstić information content (AvgIpc) is 2.17. The molecule has 0 aromatic rings. The molecule has 3 heteroatoms. The van der Waals surface area contributed by atoms with Crippen molar-refractivity contribution in [3.8, 4) is 18.2 Å². The Bertz CT molecular complexity index is 251. The second-order valence-corrected chi connectivity index (χ2v) is 3.06. The summed E-state index contributed by atoms with van der Waals surface area (Å²) in [6.07, 6.45) is 2.95. The Labute approximate surface area is 79.2 Å². The van der Waals surface area contributed by atoms with E-state index in [4.69, 9.17) is 15.8 Å². The molecule has 0 amide bonds. The van der Waals surface area contributed by atoms with Gasteiger partial charge in [-0.25, -0.2) is 0 Å². The molecule has 2 atom stereocenters. The van der Waals surface area contributed by atoms with E-state index in [1.165, 1.54) is 0 Å². The predicted octanol–water partition coefficient (Wildman–Crippen LogP) is 2.37. The molecule has 0 N–H and O–H groups in total. The highest BCUT2D eigenvalue weighted by atomic mass is 14.3. The molecule has 0 radical (unpaired) electrons. The van der Waals surface area contributed by atoms with Crippen LogP contribution in [0.25, 0.3) is 0 Å². The van der Waals surface area contributed by atoms with E-state index in [0.29, 0.717) is 6.42 Å². The van der Waals surface area contributed by atoms with Gasteiger partial charge in [0, 0.05) is 6.42 Å². The molecular formula is C10H13N3. The van der Waals surface area contributed by atoms with Gasteiger partial charge in [0.05, 0.1) is 30.0 Å². The number of rotatable bonds is 5. The van der Waals surface area contributed by atoms with E-state index in [2.05, 4.69) is 18.2 Å². The zero-order chi connectivity index (χ0) is 10.1. The first kappa shape index (κ1) is 11.5. The molecule has 0 aromatic carbocycles. The molecule has 0 heterocycles. The van der Waals surface area contributed by atoms with Crippen LogP contribution >= 0.6 is 0 Å². The molecule has 0 bridgehead atoms. The van der Waals surface area contributed by atoms with Crippen LogP contribution in [-0.2, 0) is 0 Å². The van der Waals surface area contributed by atoms with Crippen LogP contribution in [0.5, 0.6) is 0 Å². The van der Waals surface area contributed by atoms with Gasteiger partial charge in [-0.3, -0.25) is 0 Å². The van der Waals surface area contributed by atoms with Gasteiger partial charge >= 0.3 is 0 Å². The molecule has 0 saturated heterocycles. The van der Waals surface area contributed by atoms with E-state index in [9.17, 15) is 0 Å². The first-order valence-corrected chi connectivity index (χ1v) is 4.42. The maximum Gasteiger partial charge on any atom is 0.0669 e. The number of nitrogens with zero attached hydrogens (tertiary/aromatic N) is 3. The molecule has 0 fully saturated rings. The third-order valence-electron chi connectivity index (χ3n) is 2.03. The summed E-state index contributed by atoms with van der Waals surface area (Å²) in [4.78, 5) is 0. The van der Waals surface area contributed by atoms with E-state index in [-0.39, 0.29) is 11.8 Å². The third-order valence-corrected chi connectivity index (χ3v) is 2.03. The second kappa shape index (κ2) is 7.14. The Kier molecular flexibility index (Phi) is 6.30. The van der Waals surface area contributed by atoms with Gasteiger partial charge in [-0.15, -0.1) is 0 Å². The lowest BCUT2D eigenvalue weighted by Crippen LogP contribution is -2.07. The summed E-state index contributed by atoms with van der Waals surface area (Å²) in [5, 5.41) is 25.6. The first-order chi connectivity index (χ1) is 6.26. The van der Waals surface area contributed by atoms with Gasteiger partial charge in [0.25, 0.3) is 0 Å². The van der Waals surface area contributed by atoms with Gasteiger partial charge in [-0.05, 0) is 19.8 Å². The molecule has 2 unspecified atom stereocenters. The van der Waals surface area contributed by atoms with Crippen molar-refractivity contribution >= 4 is 0 Å². The SMILES string of the molecule is CC(C#N)C(C#N)CCCCC#N. The van der Waals surface area contributed by atoms with Crippen molar-refractivity contribution in [3.63, 3.8) is 0 Å². The Hall–Kier alpha value is -1.53. The highest BCUT2D eigenvalue weighted by Crippen LogP contribution is 2.17. The summed E-state index contributed by atoms with van der Waals surface area (Å²) >= 11 is 0. The lowest BCUT2D eigenvalue weighted by molar-refractivity contribution is 0.472. The van der Waals surface area contributed by atoms with Crippen LogP contribution in [0, 0.1) is 45.8 Å². The minimum atomic E-state index is -0.202. The van der Waals surface area contributed by atoms with Crippen LogP contribution in [0.2, 0.25) is 0 Å². The van der Waals surface area contributed by atoms with E-state index in [1.807, 2.05) is 0 Å². The lowest BCUT2D eigenvalue weighted by atomic mass is 9.91. The number of unbranched alkanes of at least 4 members (excludes halogenated alkanes) is 2. The molecule has 0 rings (SSSR count). The number of hydrogen-bond donors (Lipinski definition) is 0. The average molecular weight is 175 g/mol.